The van der Waals surface area contributed by atoms with Gasteiger partial charge >= 0.3 is 0 Å². The van der Waals surface area contributed by atoms with E-state index in [1.165, 1.54) is 60.0 Å². The highest BCUT2D eigenvalue weighted by Gasteiger charge is 2.23. The first-order chi connectivity index (χ1) is 21.3. The fraction of sp³-hybridized carbons (Fsp3) is 0. The largest absolute Gasteiger partial charge is 0.455 e. The lowest BCUT2D eigenvalue weighted by Crippen LogP contribution is -1.90. The van der Waals surface area contributed by atoms with Crippen LogP contribution in [0.1, 0.15) is 0 Å². The van der Waals surface area contributed by atoms with Gasteiger partial charge in [-0.25, -0.2) is 0 Å². The lowest BCUT2D eigenvalue weighted by atomic mass is 9.86. The second-order valence-electron chi connectivity index (χ2n) is 11.3. The zero-order valence-electron chi connectivity index (χ0n) is 23.4. The van der Waals surface area contributed by atoms with Gasteiger partial charge in [0.05, 0.1) is 0 Å². The lowest BCUT2D eigenvalue weighted by Gasteiger charge is -2.16. The van der Waals surface area contributed by atoms with Gasteiger partial charge in [0.15, 0.2) is 0 Å². The number of hydrogen-bond donors (Lipinski definition) is 0. The van der Waals surface area contributed by atoms with Crippen LogP contribution in [0.4, 0.5) is 0 Å². The van der Waals surface area contributed by atoms with Gasteiger partial charge < -0.3 is 4.42 Å². The first-order valence-corrected chi connectivity index (χ1v) is 14.8. The minimum Gasteiger partial charge on any atom is -0.455 e. The highest BCUT2D eigenvalue weighted by Crippen LogP contribution is 2.48. The normalized spacial score (nSPS) is 11.7. The molecule has 0 N–H and O–H groups in total. The number of fused-ring (bicyclic) bond motifs is 6. The molecule has 0 amide bonds. The van der Waals surface area contributed by atoms with Crippen molar-refractivity contribution in [2.75, 3.05) is 0 Å². The summed E-state index contributed by atoms with van der Waals surface area (Å²) in [5.74, 6) is 0. The maximum atomic E-state index is 6.78. The quantitative estimate of drug-likeness (QED) is 0.215. The van der Waals surface area contributed by atoms with Crippen molar-refractivity contribution in [3.05, 3.63) is 158 Å². The second-order valence-corrected chi connectivity index (χ2v) is 11.3. The SMILES string of the molecule is c1ccc2cc(-c3ccc(-c4c5ccccc5c(-c5cccc6ccccc56)c5c4oc4ccccc45)cc3)ccc2c1. The van der Waals surface area contributed by atoms with Crippen LogP contribution in [0.25, 0.3) is 87.6 Å². The number of benzene rings is 8. The van der Waals surface area contributed by atoms with Crippen LogP contribution in [0.15, 0.2) is 162 Å². The molecule has 9 rings (SSSR count). The highest BCUT2D eigenvalue weighted by molar-refractivity contribution is 6.28. The molecule has 0 atom stereocenters. The molecule has 0 aliphatic carbocycles. The van der Waals surface area contributed by atoms with Gasteiger partial charge in [-0.3, -0.25) is 0 Å². The first-order valence-electron chi connectivity index (χ1n) is 14.8. The summed E-state index contributed by atoms with van der Waals surface area (Å²) in [5, 5.41) is 9.71. The summed E-state index contributed by atoms with van der Waals surface area (Å²) < 4.78 is 6.78. The summed E-state index contributed by atoms with van der Waals surface area (Å²) in [6.45, 7) is 0. The molecule has 0 saturated heterocycles. The molecule has 200 valence electrons. The van der Waals surface area contributed by atoms with Gasteiger partial charge in [-0.15, -0.1) is 0 Å². The van der Waals surface area contributed by atoms with Crippen molar-refractivity contribution in [2.24, 2.45) is 0 Å². The van der Waals surface area contributed by atoms with E-state index in [0.29, 0.717) is 0 Å². The van der Waals surface area contributed by atoms with Gasteiger partial charge in [0.25, 0.3) is 0 Å². The topological polar surface area (TPSA) is 13.1 Å². The van der Waals surface area contributed by atoms with Crippen molar-refractivity contribution in [3.63, 3.8) is 0 Å². The van der Waals surface area contributed by atoms with Crippen molar-refractivity contribution in [1.82, 2.24) is 0 Å². The number of hydrogen-bond acceptors (Lipinski definition) is 1. The summed E-state index contributed by atoms with van der Waals surface area (Å²) in [6.07, 6.45) is 0. The van der Waals surface area contributed by atoms with Crippen LogP contribution >= 0.6 is 0 Å². The average Bonchev–Trinajstić information content (AvgIpc) is 3.46. The second kappa shape index (κ2) is 9.44. The molecule has 1 nitrogen and oxygen atoms in total. The molecular weight excluding hydrogens is 520 g/mol. The van der Waals surface area contributed by atoms with E-state index in [-0.39, 0.29) is 0 Å². The van der Waals surface area contributed by atoms with Gasteiger partial charge in [-0.1, -0.05) is 146 Å². The molecule has 0 saturated carbocycles. The lowest BCUT2D eigenvalue weighted by molar-refractivity contribution is 0.670. The van der Waals surface area contributed by atoms with Crippen LogP contribution in [-0.2, 0) is 0 Å². The van der Waals surface area contributed by atoms with Crippen molar-refractivity contribution in [1.29, 1.82) is 0 Å². The minimum absolute atomic E-state index is 0.906. The smallest absolute Gasteiger partial charge is 0.144 e. The van der Waals surface area contributed by atoms with E-state index in [4.69, 9.17) is 4.42 Å². The van der Waals surface area contributed by atoms with Crippen LogP contribution in [0.3, 0.4) is 0 Å². The van der Waals surface area contributed by atoms with Gasteiger partial charge in [0.2, 0.25) is 0 Å². The summed E-state index contributed by atoms with van der Waals surface area (Å²) in [6, 6.07) is 56.7. The van der Waals surface area contributed by atoms with E-state index in [0.717, 1.165) is 27.7 Å². The highest BCUT2D eigenvalue weighted by atomic mass is 16.3. The van der Waals surface area contributed by atoms with Gasteiger partial charge in [0, 0.05) is 21.9 Å². The number of rotatable bonds is 3. The Hall–Kier alpha value is -5.66. The van der Waals surface area contributed by atoms with Crippen molar-refractivity contribution in [2.45, 2.75) is 0 Å². The summed E-state index contributed by atoms with van der Waals surface area (Å²) >= 11 is 0. The third-order valence-corrected chi connectivity index (χ3v) is 8.85. The molecular formula is C42H26O. The van der Waals surface area contributed by atoms with Crippen LogP contribution in [0.2, 0.25) is 0 Å². The fourth-order valence-corrected chi connectivity index (χ4v) is 6.85. The van der Waals surface area contributed by atoms with E-state index in [2.05, 4.69) is 158 Å². The average molecular weight is 547 g/mol. The third kappa shape index (κ3) is 3.72. The zero-order valence-corrected chi connectivity index (χ0v) is 23.4. The summed E-state index contributed by atoms with van der Waals surface area (Å²) in [4.78, 5) is 0. The number of para-hydroxylation sites is 1. The molecule has 0 fully saturated rings. The van der Waals surface area contributed by atoms with E-state index in [9.17, 15) is 0 Å². The van der Waals surface area contributed by atoms with E-state index < -0.39 is 0 Å². The Balaban J connectivity index is 1.34. The van der Waals surface area contributed by atoms with Gasteiger partial charge in [0.1, 0.15) is 11.2 Å². The van der Waals surface area contributed by atoms with Crippen molar-refractivity contribution < 1.29 is 4.42 Å². The maximum absolute atomic E-state index is 6.78. The van der Waals surface area contributed by atoms with Gasteiger partial charge in [-0.2, -0.15) is 0 Å². The van der Waals surface area contributed by atoms with Gasteiger partial charge in [-0.05, 0) is 66.7 Å². The molecule has 0 aliphatic rings. The van der Waals surface area contributed by atoms with E-state index >= 15 is 0 Å². The third-order valence-electron chi connectivity index (χ3n) is 8.85. The Bertz CT molecular complexity index is 2490. The molecule has 0 spiro atoms. The predicted octanol–water partition coefficient (Wildman–Crippen LogP) is 12.0. The minimum atomic E-state index is 0.906. The Morgan fingerprint density at radius 2 is 0.930 bits per heavy atom. The van der Waals surface area contributed by atoms with Crippen LogP contribution in [0, 0.1) is 0 Å². The zero-order chi connectivity index (χ0) is 28.3. The maximum Gasteiger partial charge on any atom is 0.144 e. The van der Waals surface area contributed by atoms with E-state index in [1.807, 2.05) is 0 Å². The molecule has 1 heteroatoms. The first kappa shape index (κ1) is 24.0. The molecule has 1 aromatic heterocycles. The molecule has 0 unspecified atom stereocenters. The van der Waals surface area contributed by atoms with Crippen LogP contribution < -0.4 is 0 Å². The molecule has 43 heavy (non-hydrogen) atoms. The van der Waals surface area contributed by atoms with Crippen LogP contribution in [0.5, 0.6) is 0 Å². The van der Waals surface area contributed by atoms with Crippen molar-refractivity contribution in [3.8, 4) is 33.4 Å². The molecule has 0 radical (unpaired) electrons. The fourth-order valence-electron chi connectivity index (χ4n) is 6.85. The Kier molecular flexibility index (Phi) is 5.27. The summed E-state index contributed by atoms with van der Waals surface area (Å²) in [5.41, 5.74) is 8.99. The predicted molar refractivity (Wildman–Crippen MR) is 183 cm³/mol. The van der Waals surface area contributed by atoms with Crippen molar-refractivity contribution >= 4 is 54.3 Å². The molecule has 0 aliphatic heterocycles. The monoisotopic (exact) mass is 546 g/mol. The molecule has 9 aromatic rings. The molecule has 8 aromatic carbocycles. The molecule has 1 heterocycles. The Morgan fingerprint density at radius 3 is 1.74 bits per heavy atom. The molecule has 0 bridgehead atoms. The van der Waals surface area contributed by atoms with Crippen LogP contribution in [-0.4, -0.2) is 0 Å². The standard InChI is InChI=1S/C42H26O/c1-2-12-31-26-32(25-22-27(31)10-1)28-20-23-30(24-21-28)39-35-15-5-6-16-36(35)40(34-18-9-13-29-11-3-4-14-33(29)34)41-37-17-7-8-19-38(37)43-42(39)41/h1-26H. The Labute approximate surface area is 249 Å². The number of furan rings is 1. The Morgan fingerprint density at radius 1 is 0.349 bits per heavy atom. The summed E-state index contributed by atoms with van der Waals surface area (Å²) in [7, 11) is 0. The van der Waals surface area contributed by atoms with E-state index in [1.54, 1.807) is 0 Å².